The summed E-state index contributed by atoms with van der Waals surface area (Å²) in [5, 5.41) is 1.63. The molecule has 0 bridgehead atoms. The van der Waals surface area contributed by atoms with Crippen molar-refractivity contribution in [3.05, 3.63) is 23.8 Å². The predicted molar refractivity (Wildman–Crippen MR) is 75.6 cm³/mol. The smallest absolute Gasteiger partial charge is 0.0803 e. The van der Waals surface area contributed by atoms with Crippen molar-refractivity contribution in [1.82, 2.24) is 0 Å². The van der Waals surface area contributed by atoms with Crippen molar-refractivity contribution >= 4 is 18.9 Å². The molecular weight excluding hydrogens is 210 g/mol. The predicted octanol–water partition coefficient (Wildman–Crippen LogP) is 3.14. The lowest BCUT2D eigenvalue weighted by atomic mass is 10.2. The SMILES string of the molecule is Cc1ccc(N2CCCC2)c([Si](C)(C)C)c1. The van der Waals surface area contributed by atoms with Crippen LogP contribution in [0.15, 0.2) is 18.2 Å². The molecule has 0 saturated carbocycles. The molecule has 1 nitrogen and oxygen atoms in total. The van der Waals surface area contributed by atoms with Crippen molar-refractivity contribution in [2.24, 2.45) is 0 Å². The molecule has 0 aliphatic carbocycles. The summed E-state index contributed by atoms with van der Waals surface area (Å²) in [6.07, 6.45) is 2.72. The maximum absolute atomic E-state index is 2.58. The number of anilines is 1. The van der Waals surface area contributed by atoms with Gasteiger partial charge in [0.1, 0.15) is 0 Å². The van der Waals surface area contributed by atoms with Crippen LogP contribution in [-0.4, -0.2) is 21.2 Å². The van der Waals surface area contributed by atoms with Crippen molar-refractivity contribution < 1.29 is 0 Å². The molecule has 1 saturated heterocycles. The highest BCUT2D eigenvalue weighted by Gasteiger charge is 2.24. The van der Waals surface area contributed by atoms with E-state index in [1.165, 1.54) is 37.2 Å². The Morgan fingerprint density at radius 3 is 2.25 bits per heavy atom. The van der Waals surface area contributed by atoms with Gasteiger partial charge in [-0.15, -0.1) is 0 Å². The largest absolute Gasteiger partial charge is 0.372 e. The van der Waals surface area contributed by atoms with Gasteiger partial charge in [0, 0.05) is 18.8 Å². The molecule has 1 aliphatic heterocycles. The highest BCUT2D eigenvalue weighted by atomic mass is 28.3. The lowest BCUT2D eigenvalue weighted by Gasteiger charge is -2.28. The van der Waals surface area contributed by atoms with Crippen LogP contribution >= 0.6 is 0 Å². The van der Waals surface area contributed by atoms with Crippen LogP contribution in [0.3, 0.4) is 0 Å². The number of rotatable bonds is 2. The van der Waals surface area contributed by atoms with Crippen molar-refractivity contribution in [2.45, 2.75) is 39.4 Å². The Bertz CT molecular complexity index is 373. The van der Waals surface area contributed by atoms with E-state index in [0.29, 0.717) is 0 Å². The van der Waals surface area contributed by atoms with Crippen molar-refractivity contribution in [3.63, 3.8) is 0 Å². The first-order valence-corrected chi connectivity index (χ1v) is 9.84. The molecule has 88 valence electrons. The third-order valence-corrected chi connectivity index (χ3v) is 5.42. The fraction of sp³-hybridized carbons (Fsp3) is 0.571. The summed E-state index contributed by atoms with van der Waals surface area (Å²) >= 11 is 0. The van der Waals surface area contributed by atoms with Gasteiger partial charge in [-0.2, -0.15) is 0 Å². The Hall–Kier alpha value is -0.763. The summed E-state index contributed by atoms with van der Waals surface area (Å²) in [5.41, 5.74) is 2.92. The van der Waals surface area contributed by atoms with Crippen LogP contribution in [0.25, 0.3) is 0 Å². The number of benzene rings is 1. The molecule has 0 radical (unpaired) electrons. The average Bonchev–Trinajstić information content (AvgIpc) is 2.69. The average molecular weight is 233 g/mol. The standard InChI is InChI=1S/C14H23NSi/c1-12-7-8-13(15-9-5-6-10-15)14(11-12)16(2,3)4/h7-8,11H,5-6,9-10H2,1-4H3. The van der Waals surface area contributed by atoms with Crippen molar-refractivity contribution in [2.75, 3.05) is 18.0 Å². The molecule has 0 atom stereocenters. The Morgan fingerprint density at radius 2 is 1.69 bits per heavy atom. The van der Waals surface area contributed by atoms with E-state index in [1.54, 1.807) is 5.19 Å². The second-order valence-electron chi connectivity index (χ2n) is 5.96. The zero-order valence-corrected chi connectivity index (χ0v) is 12.0. The summed E-state index contributed by atoms with van der Waals surface area (Å²) in [6.45, 7) is 12.0. The van der Waals surface area contributed by atoms with Crippen LogP contribution in [0.5, 0.6) is 0 Å². The Morgan fingerprint density at radius 1 is 1.06 bits per heavy atom. The third kappa shape index (κ3) is 2.32. The molecule has 1 aromatic carbocycles. The maximum atomic E-state index is 2.58. The fourth-order valence-corrected chi connectivity index (χ4v) is 4.15. The topological polar surface area (TPSA) is 3.24 Å². The highest BCUT2D eigenvalue weighted by molar-refractivity contribution is 6.89. The van der Waals surface area contributed by atoms with Gasteiger partial charge in [-0.05, 0) is 31.0 Å². The first kappa shape index (κ1) is 11.7. The normalized spacial score (nSPS) is 16.9. The van der Waals surface area contributed by atoms with Crippen LogP contribution in [0.1, 0.15) is 18.4 Å². The van der Waals surface area contributed by atoms with Gasteiger partial charge in [0.05, 0.1) is 8.07 Å². The van der Waals surface area contributed by atoms with E-state index in [9.17, 15) is 0 Å². The first-order valence-electron chi connectivity index (χ1n) is 6.34. The molecule has 0 aromatic heterocycles. The van der Waals surface area contributed by atoms with E-state index in [0.717, 1.165) is 0 Å². The minimum atomic E-state index is -1.22. The quantitative estimate of drug-likeness (QED) is 0.709. The van der Waals surface area contributed by atoms with Gasteiger partial charge in [0.25, 0.3) is 0 Å². The van der Waals surface area contributed by atoms with E-state index in [1.807, 2.05) is 0 Å². The Kier molecular flexibility index (Phi) is 3.11. The van der Waals surface area contributed by atoms with Gasteiger partial charge in [-0.3, -0.25) is 0 Å². The molecular formula is C14H23NSi. The van der Waals surface area contributed by atoms with E-state index >= 15 is 0 Å². The van der Waals surface area contributed by atoms with Crippen LogP contribution in [0.4, 0.5) is 5.69 Å². The first-order chi connectivity index (χ1) is 7.48. The van der Waals surface area contributed by atoms with Crippen LogP contribution in [0.2, 0.25) is 19.6 Å². The van der Waals surface area contributed by atoms with Crippen LogP contribution in [-0.2, 0) is 0 Å². The van der Waals surface area contributed by atoms with Crippen LogP contribution in [0, 0.1) is 6.92 Å². The lowest BCUT2D eigenvalue weighted by Crippen LogP contribution is -2.42. The lowest BCUT2D eigenvalue weighted by molar-refractivity contribution is 0.949. The number of nitrogens with zero attached hydrogens (tertiary/aromatic N) is 1. The van der Waals surface area contributed by atoms with Gasteiger partial charge in [-0.25, -0.2) is 0 Å². The molecule has 0 amide bonds. The molecule has 2 heteroatoms. The molecule has 1 aliphatic rings. The van der Waals surface area contributed by atoms with Gasteiger partial charge in [-0.1, -0.05) is 37.3 Å². The molecule has 16 heavy (non-hydrogen) atoms. The highest BCUT2D eigenvalue weighted by Crippen LogP contribution is 2.22. The Labute approximate surface area is 100 Å². The summed E-state index contributed by atoms with van der Waals surface area (Å²) in [6, 6.07) is 7.02. The molecule has 1 heterocycles. The summed E-state index contributed by atoms with van der Waals surface area (Å²) in [5.74, 6) is 0. The second-order valence-corrected chi connectivity index (χ2v) is 11.0. The van der Waals surface area contributed by atoms with E-state index < -0.39 is 8.07 Å². The molecule has 1 aromatic rings. The summed E-state index contributed by atoms with van der Waals surface area (Å²) in [7, 11) is -1.22. The minimum Gasteiger partial charge on any atom is -0.372 e. The van der Waals surface area contributed by atoms with Gasteiger partial charge >= 0.3 is 0 Å². The summed E-state index contributed by atoms with van der Waals surface area (Å²) < 4.78 is 0. The number of hydrogen-bond donors (Lipinski definition) is 0. The number of hydrogen-bond acceptors (Lipinski definition) is 1. The third-order valence-electron chi connectivity index (χ3n) is 3.41. The Balaban J connectivity index is 2.43. The molecule has 1 fully saturated rings. The molecule has 0 N–H and O–H groups in total. The van der Waals surface area contributed by atoms with Gasteiger partial charge in [0.2, 0.25) is 0 Å². The van der Waals surface area contributed by atoms with E-state index in [4.69, 9.17) is 0 Å². The van der Waals surface area contributed by atoms with Crippen LogP contribution < -0.4 is 10.1 Å². The monoisotopic (exact) mass is 233 g/mol. The second kappa shape index (κ2) is 4.25. The zero-order valence-electron chi connectivity index (χ0n) is 11.0. The van der Waals surface area contributed by atoms with E-state index in [2.05, 4.69) is 49.7 Å². The van der Waals surface area contributed by atoms with Gasteiger partial charge < -0.3 is 4.90 Å². The minimum absolute atomic E-state index is 1.22. The molecule has 2 rings (SSSR count). The van der Waals surface area contributed by atoms with E-state index in [-0.39, 0.29) is 0 Å². The zero-order chi connectivity index (χ0) is 11.8. The van der Waals surface area contributed by atoms with Crippen molar-refractivity contribution in [1.29, 1.82) is 0 Å². The van der Waals surface area contributed by atoms with Gasteiger partial charge in [0.15, 0.2) is 0 Å². The van der Waals surface area contributed by atoms with Crippen molar-refractivity contribution in [3.8, 4) is 0 Å². The molecule has 0 unspecified atom stereocenters. The maximum Gasteiger partial charge on any atom is 0.0803 e. The fourth-order valence-electron chi connectivity index (χ4n) is 2.48. The molecule has 0 spiro atoms. The summed E-state index contributed by atoms with van der Waals surface area (Å²) in [4.78, 5) is 2.58. The number of aryl methyl sites for hydroxylation is 1.